The number of anilines is 1. The van der Waals surface area contributed by atoms with Gasteiger partial charge in [0, 0.05) is 12.7 Å². The highest BCUT2D eigenvalue weighted by molar-refractivity contribution is 6.38. The number of carbonyl (C=O) groups is 2. The van der Waals surface area contributed by atoms with Gasteiger partial charge in [0.2, 0.25) is 0 Å². The predicted octanol–water partition coefficient (Wildman–Crippen LogP) is 2.30. The minimum atomic E-state index is -0.842. The molecular formula is C14H19NO3. The van der Waals surface area contributed by atoms with Crippen LogP contribution in [-0.4, -0.2) is 24.5 Å². The topological polar surface area (TPSA) is 46.6 Å². The molecule has 0 spiro atoms. The first kappa shape index (κ1) is 14.2. The summed E-state index contributed by atoms with van der Waals surface area (Å²) in [5.74, 6) is -1.51. The van der Waals surface area contributed by atoms with Gasteiger partial charge in [-0.2, -0.15) is 0 Å². The number of ether oxygens (including phenoxy) is 1. The minimum Gasteiger partial charge on any atom is -0.453 e. The molecule has 18 heavy (non-hydrogen) atoms. The molecule has 1 rings (SSSR count). The highest BCUT2D eigenvalue weighted by Gasteiger charge is 2.26. The van der Waals surface area contributed by atoms with Crippen LogP contribution in [0.5, 0.6) is 0 Å². The quantitative estimate of drug-likeness (QED) is 0.566. The Morgan fingerprint density at radius 1 is 1.11 bits per heavy atom. The lowest BCUT2D eigenvalue weighted by Crippen LogP contribution is -2.38. The van der Waals surface area contributed by atoms with E-state index in [1.807, 2.05) is 19.1 Å². The van der Waals surface area contributed by atoms with Gasteiger partial charge in [-0.05, 0) is 39.8 Å². The molecular weight excluding hydrogens is 230 g/mol. The number of carbonyl (C=O) groups excluding carboxylic acids is 2. The maximum atomic E-state index is 11.9. The first-order valence-electron chi connectivity index (χ1n) is 5.78. The van der Waals surface area contributed by atoms with Gasteiger partial charge in [-0.25, -0.2) is 4.79 Å². The number of rotatable bonds is 1. The molecule has 0 aliphatic carbocycles. The standard InChI is InChI=1S/C14H19NO3/c1-10-6-8-11(9-7-10)15(5)12(16)13(17)18-14(2,3)4/h6-9H,1-5H3. The van der Waals surface area contributed by atoms with Crippen molar-refractivity contribution < 1.29 is 14.3 Å². The molecule has 1 aromatic carbocycles. The van der Waals surface area contributed by atoms with Gasteiger partial charge in [0.25, 0.3) is 0 Å². The van der Waals surface area contributed by atoms with Crippen LogP contribution in [0.4, 0.5) is 5.69 Å². The molecule has 0 saturated heterocycles. The lowest BCUT2D eigenvalue weighted by Gasteiger charge is -2.22. The van der Waals surface area contributed by atoms with Gasteiger partial charge in [-0.3, -0.25) is 4.79 Å². The van der Waals surface area contributed by atoms with Gasteiger partial charge in [0.05, 0.1) is 0 Å². The SMILES string of the molecule is Cc1ccc(N(C)C(=O)C(=O)OC(C)(C)C)cc1. The fourth-order valence-corrected chi connectivity index (χ4v) is 1.34. The lowest BCUT2D eigenvalue weighted by atomic mass is 10.2. The Hall–Kier alpha value is -1.84. The third-order valence-corrected chi connectivity index (χ3v) is 2.30. The van der Waals surface area contributed by atoms with Crippen LogP contribution in [0.2, 0.25) is 0 Å². The summed E-state index contributed by atoms with van der Waals surface area (Å²) in [6.07, 6.45) is 0. The molecule has 0 bridgehead atoms. The van der Waals surface area contributed by atoms with Crippen molar-refractivity contribution in [2.45, 2.75) is 33.3 Å². The van der Waals surface area contributed by atoms with Crippen molar-refractivity contribution in [1.29, 1.82) is 0 Å². The molecule has 98 valence electrons. The zero-order valence-electron chi connectivity index (χ0n) is 11.5. The van der Waals surface area contributed by atoms with Crippen LogP contribution in [0.3, 0.4) is 0 Å². The Morgan fingerprint density at radius 3 is 2.06 bits per heavy atom. The van der Waals surface area contributed by atoms with Crippen LogP contribution in [0.25, 0.3) is 0 Å². The first-order valence-corrected chi connectivity index (χ1v) is 5.78. The number of nitrogens with zero attached hydrogens (tertiary/aromatic N) is 1. The Bertz CT molecular complexity index is 443. The molecule has 1 aromatic rings. The van der Waals surface area contributed by atoms with Gasteiger partial charge < -0.3 is 9.64 Å². The maximum absolute atomic E-state index is 11.9. The van der Waals surface area contributed by atoms with Gasteiger partial charge >= 0.3 is 11.9 Å². The Kier molecular flexibility index (Phi) is 4.11. The molecule has 0 aliphatic rings. The fraction of sp³-hybridized carbons (Fsp3) is 0.429. The number of benzene rings is 1. The molecule has 0 atom stereocenters. The smallest absolute Gasteiger partial charge is 0.397 e. The van der Waals surface area contributed by atoms with E-state index in [4.69, 9.17) is 4.74 Å². The van der Waals surface area contributed by atoms with Crippen LogP contribution in [0, 0.1) is 6.92 Å². The maximum Gasteiger partial charge on any atom is 0.397 e. The van der Waals surface area contributed by atoms with E-state index >= 15 is 0 Å². The summed E-state index contributed by atoms with van der Waals surface area (Å²) in [7, 11) is 1.55. The molecule has 0 N–H and O–H groups in total. The van der Waals surface area contributed by atoms with E-state index in [0.29, 0.717) is 5.69 Å². The van der Waals surface area contributed by atoms with Gasteiger partial charge in [0.15, 0.2) is 0 Å². The second kappa shape index (κ2) is 5.21. The minimum absolute atomic E-state index is 0.663. The molecule has 0 fully saturated rings. The van der Waals surface area contributed by atoms with Crippen molar-refractivity contribution in [2.24, 2.45) is 0 Å². The second-order valence-electron chi connectivity index (χ2n) is 5.20. The molecule has 0 aliphatic heterocycles. The van der Waals surface area contributed by atoms with Crippen LogP contribution in [0.1, 0.15) is 26.3 Å². The highest BCUT2D eigenvalue weighted by Crippen LogP contribution is 2.15. The number of hydrogen-bond donors (Lipinski definition) is 0. The summed E-state index contributed by atoms with van der Waals surface area (Å²) in [5, 5.41) is 0. The van der Waals surface area contributed by atoms with E-state index in [1.165, 1.54) is 4.90 Å². The van der Waals surface area contributed by atoms with Crippen LogP contribution >= 0.6 is 0 Å². The molecule has 0 radical (unpaired) electrons. The van der Waals surface area contributed by atoms with Crippen molar-refractivity contribution in [3.63, 3.8) is 0 Å². The van der Waals surface area contributed by atoms with Crippen molar-refractivity contribution in [1.82, 2.24) is 0 Å². The van der Waals surface area contributed by atoms with E-state index in [9.17, 15) is 9.59 Å². The first-order chi connectivity index (χ1) is 8.20. The largest absolute Gasteiger partial charge is 0.453 e. The molecule has 0 unspecified atom stereocenters. The van der Waals surface area contributed by atoms with Crippen molar-refractivity contribution in [3.8, 4) is 0 Å². The van der Waals surface area contributed by atoms with Crippen molar-refractivity contribution in [3.05, 3.63) is 29.8 Å². The lowest BCUT2D eigenvalue weighted by molar-refractivity contribution is -0.162. The molecule has 1 amide bonds. The Labute approximate surface area is 108 Å². The van der Waals surface area contributed by atoms with Crippen LogP contribution in [-0.2, 0) is 14.3 Å². The summed E-state index contributed by atoms with van der Waals surface area (Å²) in [5.41, 5.74) is 1.09. The number of esters is 1. The summed E-state index contributed by atoms with van der Waals surface area (Å²) < 4.78 is 5.04. The Balaban J connectivity index is 2.78. The highest BCUT2D eigenvalue weighted by atomic mass is 16.6. The van der Waals surface area contributed by atoms with Crippen LogP contribution in [0.15, 0.2) is 24.3 Å². The van der Waals surface area contributed by atoms with E-state index < -0.39 is 17.5 Å². The number of aryl methyl sites for hydroxylation is 1. The third-order valence-electron chi connectivity index (χ3n) is 2.30. The molecule has 4 nitrogen and oxygen atoms in total. The molecule has 4 heteroatoms. The summed E-state index contributed by atoms with van der Waals surface area (Å²) in [6.45, 7) is 7.14. The molecule has 0 saturated carbocycles. The number of likely N-dealkylation sites (N-methyl/N-ethyl adjacent to an activating group) is 1. The van der Waals surface area contributed by atoms with E-state index in [-0.39, 0.29) is 0 Å². The average Bonchev–Trinajstić information content (AvgIpc) is 2.26. The number of amides is 1. The summed E-state index contributed by atoms with van der Waals surface area (Å²) in [4.78, 5) is 24.8. The van der Waals surface area contributed by atoms with E-state index in [2.05, 4.69) is 0 Å². The second-order valence-corrected chi connectivity index (χ2v) is 5.20. The van der Waals surface area contributed by atoms with E-state index in [1.54, 1.807) is 40.0 Å². The van der Waals surface area contributed by atoms with E-state index in [0.717, 1.165) is 5.56 Å². The molecule has 0 aromatic heterocycles. The summed E-state index contributed by atoms with van der Waals surface area (Å²) >= 11 is 0. The van der Waals surface area contributed by atoms with Crippen molar-refractivity contribution >= 4 is 17.6 Å². The van der Waals surface area contributed by atoms with Crippen LogP contribution < -0.4 is 4.90 Å². The Morgan fingerprint density at radius 2 is 1.61 bits per heavy atom. The number of hydrogen-bond acceptors (Lipinski definition) is 3. The van der Waals surface area contributed by atoms with Crippen molar-refractivity contribution in [2.75, 3.05) is 11.9 Å². The van der Waals surface area contributed by atoms with Gasteiger partial charge in [-0.1, -0.05) is 17.7 Å². The van der Waals surface area contributed by atoms with Gasteiger partial charge in [0.1, 0.15) is 5.60 Å². The zero-order valence-corrected chi connectivity index (χ0v) is 11.5. The monoisotopic (exact) mass is 249 g/mol. The fourth-order valence-electron chi connectivity index (χ4n) is 1.34. The summed E-state index contributed by atoms with van der Waals surface area (Å²) in [6, 6.07) is 7.34. The van der Waals surface area contributed by atoms with Gasteiger partial charge in [-0.15, -0.1) is 0 Å². The normalized spacial score (nSPS) is 10.9. The third kappa shape index (κ3) is 3.87. The average molecular weight is 249 g/mol. The zero-order chi connectivity index (χ0) is 13.9. The predicted molar refractivity (Wildman–Crippen MR) is 70.4 cm³/mol. The molecule has 0 heterocycles.